The van der Waals surface area contributed by atoms with Crippen LogP contribution in [0, 0.1) is 13.8 Å². The van der Waals surface area contributed by atoms with E-state index in [-0.39, 0.29) is 6.10 Å². The molecule has 144 valence electrons. The molecule has 3 rings (SSSR count). The van der Waals surface area contributed by atoms with Gasteiger partial charge in [0.25, 0.3) is 0 Å². The number of aliphatic imine (C=N–C) groups is 1. The Labute approximate surface area is 166 Å². The molecule has 0 aliphatic rings. The molecule has 0 amide bonds. The van der Waals surface area contributed by atoms with Gasteiger partial charge < -0.3 is 14.2 Å². The first-order valence-electron chi connectivity index (χ1n) is 9.24. The molecule has 28 heavy (non-hydrogen) atoms. The number of aryl methyl sites for hydroxylation is 2. The minimum Gasteiger partial charge on any atom is -0.497 e. The van der Waals surface area contributed by atoms with Gasteiger partial charge in [-0.15, -0.1) is 0 Å². The van der Waals surface area contributed by atoms with E-state index in [1.807, 2.05) is 93.6 Å². The van der Waals surface area contributed by atoms with Crippen LogP contribution in [0.2, 0.25) is 0 Å². The number of rotatable bonds is 6. The second-order valence-electron chi connectivity index (χ2n) is 6.64. The van der Waals surface area contributed by atoms with Gasteiger partial charge in [-0.2, -0.15) is 0 Å². The average molecular weight is 375 g/mol. The van der Waals surface area contributed by atoms with Gasteiger partial charge in [-0.3, -0.25) is 0 Å². The van der Waals surface area contributed by atoms with E-state index in [9.17, 15) is 0 Å². The molecule has 0 spiro atoms. The number of nitrogens with zero attached hydrogens (tertiary/aromatic N) is 1. The minimum atomic E-state index is -0.379. The molecule has 0 aliphatic carbocycles. The van der Waals surface area contributed by atoms with Crippen LogP contribution < -0.4 is 14.2 Å². The van der Waals surface area contributed by atoms with E-state index in [1.54, 1.807) is 7.11 Å². The molecule has 0 heterocycles. The summed E-state index contributed by atoms with van der Waals surface area (Å²) in [7, 11) is 1.64. The van der Waals surface area contributed by atoms with Gasteiger partial charge in [0.15, 0.2) is 6.10 Å². The van der Waals surface area contributed by atoms with Gasteiger partial charge in [-0.25, -0.2) is 4.99 Å². The molecule has 4 heteroatoms. The second-order valence-corrected chi connectivity index (χ2v) is 6.64. The molecule has 0 aromatic heterocycles. The van der Waals surface area contributed by atoms with Gasteiger partial charge in [0.05, 0.1) is 12.8 Å². The Bertz CT molecular complexity index is 914. The topological polar surface area (TPSA) is 40.0 Å². The molecule has 0 saturated carbocycles. The van der Waals surface area contributed by atoms with Crippen molar-refractivity contribution in [2.75, 3.05) is 7.11 Å². The average Bonchev–Trinajstić information content (AvgIpc) is 2.71. The summed E-state index contributed by atoms with van der Waals surface area (Å²) in [4.78, 5) is 4.69. The van der Waals surface area contributed by atoms with Crippen molar-refractivity contribution in [1.29, 1.82) is 0 Å². The summed E-state index contributed by atoms with van der Waals surface area (Å²) in [5, 5.41) is 0. The lowest BCUT2D eigenvalue weighted by Gasteiger charge is -2.18. The largest absolute Gasteiger partial charge is 0.497 e. The van der Waals surface area contributed by atoms with Crippen molar-refractivity contribution in [1.82, 2.24) is 0 Å². The van der Waals surface area contributed by atoms with Crippen LogP contribution in [0.15, 0.2) is 77.8 Å². The standard InChI is InChI=1S/C24H25NO3/c1-17-5-9-20(10-6-17)25-24(28-23-11-7-18(2)8-12-23)19(3)27-22-15-13-21(26-4)14-16-22/h5-16,19H,1-4H3. The highest BCUT2D eigenvalue weighted by Crippen LogP contribution is 2.21. The van der Waals surface area contributed by atoms with E-state index in [2.05, 4.69) is 0 Å². The van der Waals surface area contributed by atoms with E-state index in [1.165, 1.54) is 11.1 Å². The summed E-state index contributed by atoms with van der Waals surface area (Å²) in [6.07, 6.45) is -0.379. The molecule has 4 nitrogen and oxygen atoms in total. The van der Waals surface area contributed by atoms with Crippen LogP contribution >= 0.6 is 0 Å². The predicted octanol–water partition coefficient (Wildman–Crippen LogP) is 5.89. The number of ether oxygens (including phenoxy) is 3. The molecule has 1 atom stereocenters. The molecule has 0 saturated heterocycles. The Balaban J connectivity index is 1.84. The maximum Gasteiger partial charge on any atom is 0.236 e. The molecule has 0 aliphatic heterocycles. The number of benzene rings is 3. The molecule has 3 aromatic rings. The van der Waals surface area contributed by atoms with Crippen molar-refractivity contribution in [2.45, 2.75) is 26.9 Å². The molecule has 0 radical (unpaired) electrons. The van der Waals surface area contributed by atoms with Crippen LogP contribution in [0.4, 0.5) is 5.69 Å². The zero-order valence-electron chi connectivity index (χ0n) is 16.7. The maximum atomic E-state index is 6.08. The van der Waals surface area contributed by atoms with E-state index in [4.69, 9.17) is 19.2 Å². The minimum absolute atomic E-state index is 0.379. The molecule has 1 unspecified atom stereocenters. The summed E-state index contributed by atoms with van der Waals surface area (Å²) >= 11 is 0. The highest BCUT2D eigenvalue weighted by Gasteiger charge is 2.16. The van der Waals surface area contributed by atoms with Crippen LogP contribution in [0.3, 0.4) is 0 Å². The zero-order chi connectivity index (χ0) is 19.9. The van der Waals surface area contributed by atoms with Gasteiger partial charge in [0.2, 0.25) is 5.90 Å². The van der Waals surface area contributed by atoms with Crippen molar-refractivity contribution >= 4 is 11.6 Å². The van der Waals surface area contributed by atoms with Crippen LogP contribution in [0.1, 0.15) is 18.1 Å². The summed E-state index contributed by atoms with van der Waals surface area (Å²) in [6.45, 7) is 6.01. The lowest BCUT2D eigenvalue weighted by Crippen LogP contribution is -2.28. The van der Waals surface area contributed by atoms with Crippen molar-refractivity contribution in [3.05, 3.63) is 83.9 Å². The van der Waals surface area contributed by atoms with Gasteiger partial charge in [-0.05, 0) is 69.3 Å². The molecular formula is C24H25NO3. The molecule has 0 bridgehead atoms. The molecular weight excluding hydrogens is 350 g/mol. The summed E-state index contributed by atoms with van der Waals surface area (Å²) in [5.74, 6) is 2.71. The molecule has 0 N–H and O–H groups in total. The van der Waals surface area contributed by atoms with E-state index >= 15 is 0 Å². The third-order valence-corrected chi connectivity index (χ3v) is 4.24. The number of hydrogen-bond acceptors (Lipinski definition) is 4. The van der Waals surface area contributed by atoms with E-state index < -0.39 is 0 Å². The van der Waals surface area contributed by atoms with Crippen LogP contribution in [0.25, 0.3) is 0 Å². The van der Waals surface area contributed by atoms with E-state index in [0.29, 0.717) is 5.90 Å². The van der Waals surface area contributed by atoms with Crippen molar-refractivity contribution in [3.63, 3.8) is 0 Å². The fraction of sp³-hybridized carbons (Fsp3) is 0.208. The van der Waals surface area contributed by atoms with Gasteiger partial charge in [0.1, 0.15) is 17.2 Å². The summed E-state index contributed by atoms with van der Waals surface area (Å²) < 4.78 is 17.3. The predicted molar refractivity (Wildman–Crippen MR) is 113 cm³/mol. The molecule has 0 fully saturated rings. The normalized spacial score (nSPS) is 12.4. The third kappa shape index (κ3) is 5.36. The maximum absolute atomic E-state index is 6.08. The number of methoxy groups -OCH3 is 1. The van der Waals surface area contributed by atoms with Gasteiger partial charge >= 0.3 is 0 Å². The zero-order valence-corrected chi connectivity index (χ0v) is 16.7. The second kappa shape index (κ2) is 9.09. The van der Waals surface area contributed by atoms with Gasteiger partial charge in [0, 0.05) is 0 Å². The number of hydrogen-bond donors (Lipinski definition) is 0. The first-order chi connectivity index (χ1) is 13.5. The molecule has 3 aromatic carbocycles. The fourth-order valence-corrected chi connectivity index (χ4v) is 2.58. The Hall–Kier alpha value is -3.27. The third-order valence-electron chi connectivity index (χ3n) is 4.24. The quantitative estimate of drug-likeness (QED) is 0.398. The van der Waals surface area contributed by atoms with Crippen molar-refractivity contribution in [2.24, 2.45) is 4.99 Å². The Morgan fingerprint density at radius 3 is 1.79 bits per heavy atom. The fourth-order valence-electron chi connectivity index (χ4n) is 2.58. The Kier molecular flexibility index (Phi) is 6.33. The highest BCUT2D eigenvalue weighted by molar-refractivity contribution is 5.85. The monoisotopic (exact) mass is 375 g/mol. The summed E-state index contributed by atoms with van der Waals surface area (Å²) in [6, 6.07) is 23.3. The van der Waals surface area contributed by atoms with Crippen LogP contribution in [-0.2, 0) is 0 Å². The lowest BCUT2D eigenvalue weighted by molar-refractivity contribution is 0.262. The Morgan fingerprint density at radius 1 is 0.714 bits per heavy atom. The van der Waals surface area contributed by atoms with Crippen LogP contribution in [-0.4, -0.2) is 19.1 Å². The highest BCUT2D eigenvalue weighted by atomic mass is 16.5. The van der Waals surface area contributed by atoms with Crippen molar-refractivity contribution < 1.29 is 14.2 Å². The SMILES string of the molecule is COc1ccc(OC(C)C(=Nc2ccc(C)cc2)Oc2ccc(C)cc2)cc1. The van der Waals surface area contributed by atoms with Crippen LogP contribution in [0.5, 0.6) is 17.2 Å². The first kappa shape index (κ1) is 19.5. The van der Waals surface area contributed by atoms with E-state index in [0.717, 1.165) is 22.9 Å². The first-order valence-corrected chi connectivity index (χ1v) is 9.24. The smallest absolute Gasteiger partial charge is 0.236 e. The summed E-state index contributed by atoms with van der Waals surface area (Å²) in [5.41, 5.74) is 3.17. The van der Waals surface area contributed by atoms with Crippen molar-refractivity contribution in [3.8, 4) is 17.2 Å². The lowest BCUT2D eigenvalue weighted by atomic mass is 10.2. The Morgan fingerprint density at radius 2 is 1.21 bits per heavy atom. The van der Waals surface area contributed by atoms with Gasteiger partial charge in [-0.1, -0.05) is 35.4 Å².